The fourth-order valence-electron chi connectivity index (χ4n) is 2.98. The van der Waals surface area contributed by atoms with Crippen LogP contribution in [0.15, 0.2) is 36.7 Å². The third-order valence-electron chi connectivity index (χ3n) is 4.43. The second-order valence-electron chi connectivity index (χ2n) is 6.14. The van der Waals surface area contributed by atoms with E-state index in [4.69, 9.17) is 5.73 Å². The molecule has 0 bridgehead atoms. The van der Waals surface area contributed by atoms with E-state index in [1.807, 2.05) is 12.1 Å². The summed E-state index contributed by atoms with van der Waals surface area (Å²) in [6.45, 7) is 1.98. The summed E-state index contributed by atoms with van der Waals surface area (Å²) < 4.78 is 26.6. The lowest BCUT2D eigenvalue weighted by atomic mass is 10.1. The summed E-state index contributed by atoms with van der Waals surface area (Å²) in [4.78, 5) is 19.6. The molecule has 2 aromatic rings. The number of alkyl halides is 2. The summed E-state index contributed by atoms with van der Waals surface area (Å²) in [6.07, 6.45) is 2.72. The van der Waals surface area contributed by atoms with Crippen molar-refractivity contribution >= 4 is 5.91 Å². The van der Waals surface area contributed by atoms with Gasteiger partial charge in [-0.25, -0.2) is 4.98 Å². The number of amides is 1. The lowest BCUT2D eigenvalue weighted by Gasteiger charge is -2.34. The maximum absolute atomic E-state index is 12.9. The number of carbonyl (C=O) groups excluding carboxylic acids is 1. The van der Waals surface area contributed by atoms with Crippen LogP contribution in [0.2, 0.25) is 0 Å². The van der Waals surface area contributed by atoms with Gasteiger partial charge >= 0.3 is 6.55 Å². The van der Waals surface area contributed by atoms with E-state index in [0.29, 0.717) is 17.9 Å². The SMILES string of the molecule is NC(=O)c1ccc(CN2CCN(Cc3nccn3C(F)F)CC2)cc1. The van der Waals surface area contributed by atoms with Crippen molar-refractivity contribution in [1.29, 1.82) is 0 Å². The monoisotopic (exact) mass is 349 g/mol. The number of hydrogen-bond donors (Lipinski definition) is 1. The Kier molecular flexibility index (Phi) is 5.40. The smallest absolute Gasteiger partial charge is 0.319 e. The minimum atomic E-state index is -2.55. The number of carbonyl (C=O) groups is 1. The summed E-state index contributed by atoms with van der Waals surface area (Å²) in [7, 11) is 0. The Morgan fingerprint density at radius 2 is 1.68 bits per heavy atom. The molecule has 2 heterocycles. The van der Waals surface area contributed by atoms with Crippen molar-refractivity contribution in [2.45, 2.75) is 19.6 Å². The van der Waals surface area contributed by atoms with E-state index in [9.17, 15) is 13.6 Å². The quantitative estimate of drug-likeness (QED) is 0.862. The highest BCUT2D eigenvalue weighted by molar-refractivity contribution is 5.92. The summed E-state index contributed by atoms with van der Waals surface area (Å²) in [5.74, 6) is -0.0344. The van der Waals surface area contributed by atoms with Crippen molar-refractivity contribution in [3.05, 3.63) is 53.6 Å². The van der Waals surface area contributed by atoms with Crippen LogP contribution in [0.4, 0.5) is 8.78 Å². The number of imidazole rings is 1. The largest absolute Gasteiger partial charge is 0.366 e. The van der Waals surface area contributed by atoms with Crippen molar-refractivity contribution < 1.29 is 13.6 Å². The third kappa shape index (κ3) is 4.40. The molecule has 0 spiro atoms. The fourth-order valence-corrected chi connectivity index (χ4v) is 2.98. The molecule has 2 N–H and O–H groups in total. The standard InChI is InChI=1S/C17H21F2N5O/c18-17(19)24-6-5-21-15(24)12-23-9-7-22(8-10-23)11-13-1-3-14(4-2-13)16(20)25/h1-6,17H,7-12H2,(H2,20,25). The number of nitrogens with two attached hydrogens (primary N) is 1. The van der Waals surface area contributed by atoms with Crippen molar-refractivity contribution in [1.82, 2.24) is 19.4 Å². The van der Waals surface area contributed by atoms with Gasteiger partial charge in [0.2, 0.25) is 5.91 Å². The molecule has 1 saturated heterocycles. The van der Waals surface area contributed by atoms with E-state index in [0.717, 1.165) is 42.9 Å². The van der Waals surface area contributed by atoms with Crippen LogP contribution in [0, 0.1) is 0 Å². The zero-order chi connectivity index (χ0) is 17.8. The van der Waals surface area contributed by atoms with Crippen LogP contribution in [0.25, 0.3) is 0 Å². The van der Waals surface area contributed by atoms with Gasteiger partial charge in [0.25, 0.3) is 0 Å². The molecule has 1 aromatic carbocycles. The molecule has 1 aliphatic rings. The second kappa shape index (κ2) is 7.71. The molecule has 0 unspecified atom stereocenters. The Morgan fingerprint density at radius 1 is 1.08 bits per heavy atom. The first kappa shape index (κ1) is 17.5. The van der Waals surface area contributed by atoms with Gasteiger partial charge in [0.15, 0.2) is 0 Å². The van der Waals surface area contributed by atoms with Gasteiger partial charge in [-0.1, -0.05) is 12.1 Å². The Morgan fingerprint density at radius 3 is 2.24 bits per heavy atom. The summed E-state index contributed by atoms with van der Waals surface area (Å²) in [5.41, 5.74) is 6.86. The maximum atomic E-state index is 12.9. The molecule has 1 aromatic heterocycles. The van der Waals surface area contributed by atoms with Gasteiger partial charge in [0.05, 0.1) is 6.54 Å². The molecule has 1 aliphatic heterocycles. The first-order valence-corrected chi connectivity index (χ1v) is 8.16. The molecule has 134 valence electrons. The summed E-state index contributed by atoms with van der Waals surface area (Å²) in [6, 6.07) is 7.29. The zero-order valence-electron chi connectivity index (χ0n) is 13.8. The highest BCUT2D eigenvalue weighted by Gasteiger charge is 2.20. The normalized spacial score (nSPS) is 16.4. The average molecular weight is 349 g/mol. The molecule has 0 saturated carbocycles. The predicted molar refractivity (Wildman–Crippen MR) is 89.0 cm³/mol. The van der Waals surface area contributed by atoms with E-state index in [1.165, 1.54) is 12.4 Å². The molecule has 6 nitrogen and oxygen atoms in total. The minimum absolute atomic E-state index is 0.394. The van der Waals surface area contributed by atoms with E-state index < -0.39 is 12.5 Å². The van der Waals surface area contributed by atoms with Crippen molar-refractivity contribution in [3.8, 4) is 0 Å². The van der Waals surface area contributed by atoms with Gasteiger partial charge in [0.1, 0.15) is 5.82 Å². The molecule has 8 heteroatoms. The lowest BCUT2D eigenvalue weighted by molar-refractivity contribution is 0.0603. The first-order valence-electron chi connectivity index (χ1n) is 8.16. The Balaban J connectivity index is 1.50. The Hall–Kier alpha value is -2.32. The lowest BCUT2D eigenvalue weighted by Crippen LogP contribution is -2.45. The van der Waals surface area contributed by atoms with Crippen LogP contribution in [-0.4, -0.2) is 51.4 Å². The molecular formula is C17H21F2N5O. The first-order chi connectivity index (χ1) is 12.0. The zero-order valence-corrected chi connectivity index (χ0v) is 13.8. The topological polar surface area (TPSA) is 67.4 Å². The minimum Gasteiger partial charge on any atom is -0.366 e. The van der Waals surface area contributed by atoms with Crippen LogP contribution in [0.1, 0.15) is 28.3 Å². The van der Waals surface area contributed by atoms with Gasteiger partial charge in [0, 0.05) is 50.7 Å². The van der Waals surface area contributed by atoms with Crippen molar-refractivity contribution in [2.75, 3.05) is 26.2 Å². The molecule has 3 rings (SSSR count). The number of aromatic nitrogens is 2. The van der Waals surface area contributed by atoms with Crippen LogP contribution < -0.4 is 5.73 Å². The highest BCUT2D eigenvalue weighted by Crippen LogP contribution is 2.16. The van der Waals surface area contributed by atoms with Gasteiger partial charge in [-0.05, 0) is 17.7 Å². The number of benzene rings is 1. The number of nitrogens with zero attached hydrogens (tertiary/aromatic N) is 4. The van der Waals surface area contributed by atoms with E-state index >= 15 is 0 Å². The van der Waals surface area contributed by atoms with E-state index in [-0.39, 0.29) is 0 Å². The Labute approximate surface area is 144 Å². The van der Waals surface area contributed by atoms with Gasteiger partial charge in [-0.2, -0.15) is 8.78 Å². The van der Waals surface area contributed by atoms with Crippen LogP contribution in [0.3, 0.4) is 0 Å². The molecule has 1 fully saturated rings. The molecule has 0 radical (unpaired) electrons. The van der Waals surface area contributed by atoms with E-state index in [1.54, 1.807) is 12.1 Å². The number of halogens is 2. The second-order valence-corrected chi connectivity index (χ2v) is 6.14. The van der Waals surface area contributed by atoms with E-state index in [2.05, 4.69) is 14.8 Å². The predicted octanol–water partition coefficient (Wildman–Crippen LogP) is 1.69. The summed E-state index contributed by atoms with van der Waals surface area (Å²) >= 11 is 0. The highest BCUT2D eigenvalue weighted by atomic mass is 19.3. The van der Waals surface area contributed by atoms with Gasteiger partial charge in [-0.15, -0.1) is 0 Å². The fraction of sp³-hybridized carbons (Fsp3) is 0.412. The van der Waals surface area contributed by atoms with Crippen molar-refractivity contribution in [3.63, 3.8) is 0 Å². The van der Waals surface area contributed by atoms with Crippen LogP contribution >= 0.6 is 0 Å². The van der Waals surface area contributed by atoms with Crippen LogP contribution in [-0.2, 0) is 13.1 Å². The molecule has 0 atom stereocenters. The molecular weight excluding hydrogens is 328 g/mol. The molecule has 1 amide bonds. The maximum Gasteiger partial charge on any atom is 0.319 e. The van der Waals surface area contributed by atoms with Crippen molar-refractivity contribution in [2.24, 2.45) is 5.73 Å². The molecule has 25 heavy (non-hydrogen) atoms. The molecule has 0 aliphatic carbocycles. The number of rotatable bonds is 6. The average Bonchev–Trinajstić information content (AvgIpc) is 3.05. The number of piperazine rings is 1. The van der Waals surface area contributed by atoms with Gasteiger partial charge < -0.3 is 5.73 Å². The van der Waals surface area contributed by atoms with Crippen LogP contribution in [0.5, 0.6) is 0 Å². The third-order valence-corrected chi connectivity index (χ3v) is 4.43. The number of primary amides is 1. The van der Waals surface area contributed by atoms with Gasteiger partial charge in [-0.3, -0.25) is 19.2 Å². The number of hydrogen-bond acceptors (Lipinski definition) is 4. The Bertz CT molecular complexity index is 708. The summed E-state index contributed by atoms with van der Waals surface area (Å²) in [5, 5.41) is 0.